The first kappa shape index (κ1) is 11.9. The lowest BCUT2D eigenvalue weighted by Crippen LogP contribution is -2.52. The van der Waals surface area contributed by atoms with E-state index in [-0.39, 0.29) is 6.04 Å². The maximum absolute atomic E-state index is 12.3. The minimum Gasteiger partial charge on any atom is -0.383 e. The second kappa shape index (κ2) is 5.64. The molecule has 2 aliphatic heterocycles. The quantitative estimate of drug-likeness (QED) is 0.772. The van der Waals surface area contributed by atoms with Gasteiger partial charge >= 0.3 is 0 Å². The number of hydrogen-bond acceptors (Lipinski definition) is 3. The van der Waals surface area contributed by atoms with Crippen LogP contribution in [0.4, 0.5) is 0 Å². The highest BCUT2D eigenvalue weighted by atomic mass is 16.5. The summed E-state index contributed by atoms with van der Waals surface area (Å²) in [4.78, 5) is 14.3. The molecule has 2 atom stereocenters. The average Bonchev–Trinajstić information content (AvgIpc) is 2.83. The van der Waals surface area contributed by atoms with Crippen LogP contribution in [0.25, 0.3) is 0 Å². The van der Waals surface area contributed by atoms with Gasteiger partial charge in [0.1, 0.15) is 0 Å². The number of amides is 1. The molecule has 1 amide bonds. The van der Waals surface area contributed by atoms with Crippen molar-refractivity contribution >= 4 is 5.91 Å². The Morgan fingerprint density at radius 1 is 1.38 bits per heavy atom. The molecule has 2 saturated heterocycles. The Morgan fingerprint density at radius 2 is 2.25 bits per heavy atom. The number of hydrogen-bond donors (Lipinski definition) is 1. The highest BCUT2D eigenvalue weighted by molar-refractivity contribution is 5.82. The molecule has 0 saturated carbocycles. The average molecular weight is 226 g/mol. The van der Waals surface area contributed by atoms with Gasteiger partial charge in [0.15, 0.2) is 0 Å². The van der Waals surface area contributed by atoms with E-state index in [4.69, 9.17) is 4.74 Å². The Labute approximate surface area is 97.3 Å². The number of carbonyl (C=O) groups is 1. The Morgan fingerprint density at radius 3 is 2.94 bits per heavy atom. The molecule has 0 bridgehead atoms. The molecular weight excluding hydrogens is 204 g/mol. The number of rotatable bonds is 3. The van der Waals surface area contributed by atoms with E-state index < -0.39 is 0 Å². The molecule has 2 aliphatic rings. The fourth-order valence-electron chi connectivity index (χ4n) is 2.75. The Balaban J connectivity index is 1.95. The van der Waals surface area contributed by atoms with Gasteiger partial charge in [0.25, 0.3) is 0 Å². The highest BCUT2D eigenvalue weighted by Crippen LogP contribution is 2.20. The zero-order chi connectivity index (χ0) is 11.4. The van der Waals surface area contributed by atoms with Crippen molar-refractivity contribution in [2.45, 2.75) is 44.2 Å². The molecular formula is C12H22N2O2. The summed E-state index contributed by atoms with van der Waals surface area (Å²) < 4.78 is 5.21. The van der Waals surface area contributed by atoms with Crippen molar-refractivity contribution in [3.8, 4) is 0 Å². The first-order valence-electron chi connectivity index (χ1n) is 6.35. The van der Waals surface area contributed by atoms with Crippen molar-refractivity contribution in [1.82, 2.24) is 10.2 Å². The molecule has 16 heavy (non-hydrogen) atoms. The molecule has 92 valence electrons. The maximum atomic E-state index is 12.3. The zero-order valence-electron chi connectivity index (χ0n) is 10.1. The van der Waals surface area contributed by atoms with Crippen molar-refractivity contribution in [3.05, 3.63) is 0 Å². The molecule has 0 unspecified atom stereocenters. The van der Waals surface area contributed by atoms with Gasteiger partial charge in [-0.15, -0.1) is 0 Å². The van der Waals surface area contributed by atoms with Gasteiger partial charge in [-0.2, -0.15) is 0 Å². The van der Waals surface area contributed by atoms with E-state index in [1.165, 1.54) is 6.42 Å². The largest absolute Gasteiger partial charge is 0.383 e. The standard InChI is InChI=1S/C12H22N2O2/c1-16-9-10-5-2-3-8-14(10)12(15)11-6-4-7-13-11/h10-11,13H,2-9H2,1H3/t10-,11+/m1/s1. The lowest BCUT2D eigenvalue weighted by Gasteiger charge is -2.36. The Kier molecular flexibility index (Phi) is 4.18. The van der Waals surface area contributed by atoms with Crippen LogP contribution in [-0.4, -0.2) is 49.7 Å². The van der Waals surface area contributed by atoms with Gasteiger partial charge in [-0.3, -0.25) is 4.79 Å². The van der Waals surface area contributed by atoms with Crippen molar-refractivity contribution in [1.29, 1.82) is 0 Å². The lowest BCUT2D eigenvalue weighted by atomic mass is 10.0. The first-order chi connectivity index (χ1) is 7.83. The summed E-state index contributed by atoms with van der Waals surface area (Å²) in [6.07, 6.45) is 5.56. The van der Waals surface area contributed by atoms with E-state index >= 15 is 0 Å². The molecule has 4 heteroatoms. The number of nitrogens with zero attached hydrogens (tertiary/aromatic N) is 1. The van der Waals surface area contributed by atoms with Crippen LogP contribution in [0.2, 0.25) is 0 Å². The number of ether oxygens (including phenoxy) is 1. The fraction of sp³-hybridized carbons (Fsp3) is 0.917. The van der Waals surface area contributed by atoms with Crippen LogP contribution < -0.4 is 5.32 Å². The molecule has 0 aromatic carbocycles. The normalized spacial score (nSPS) is 30.7. The monoisotopic (exact) mass is 226 g/mol. The van der Waals surface area contributed by atoms with E-state index in [0.29, 0.717) is 18.6 Å². The first-order valence-corrected chi connectivity index (χ1v) is 6.35. The van der Waals surface area contributed by atoms with Crippen molar-refractivity contribution in [3.63, 3.8) is 0 Å². The molecule has 2 rings (SSSR count). The second-order valence-corrected chi connectivity index (χ2v) is 4.79. The second-order valence-electron chi connectivity index (χ2n) is 4.79. The van der Waals surface area contributed by atoms with Gasteiger partial charge < -0.3 is 15.0 Å². The van der Waals surface area contributed by atoms with E-state index in [0.717, 1.165) is 38.8 Å². The molecule has 0 aromatic rings. The maximum Gasteiger partial charge on any atom is 0.240 e. The Hall–Kier alpha value is -0.610. The molecule has 1 N–H and O–H groups in total. The molecule has 0 aromatic heterocycles. The summed E-state index contributed by atoms with van der Waals surface area (Å²) in [6.45, 7) is 2.57. The van der Waals surface area contributed by atoms with Crippen LogP contribution in [0, 0.1) is 0 Å². The predicted molar refractivity (Wildman–Crippen MR) is 62.3 cm³/mol. The summed E-state index contributed by atoms with van der Waals surface area (Å²) in [7, 11) is 1.71. The minimum atomic E-state index is 0.0671. The van der Waals surface area contributed by atoms with Gasteiger partial charge in [-0.05, 0) is 38.6 Å². The van der Waals surface area contributed by atoms with Crippen LogP contribution >= 0.6 is 0 Å². The Bertz CT molecular complexity index is 237. The van der Waals surface area contributed by atoms with Crippen molar-refractivity contribution < 1.29 is 9.53 Å². The van der Waals surface area contributed by atoms with E-state index in [2.05, 4.69) is 5.32 Å². The molecule has 0 radical (unpaired) electrons. The number of nitrogens with one attached hydrogen (secondary N) is 1. The van der Waals surface area contributed by atoms with Crippen LogP contribution in [0.3, 0.4) is 0 Å². The van der Waals surface area contributed by atoms with E-state index in [9.17, 15) is 4.79 Å². The summed E-state index contributed by atoms with van der Waals surface area (Å²) in [5, 5.41) is 3.28. The summed E-state index contributed by atoms with van der Waals surface area (Å²) >= 11 is 0. The number of piperidine rings is 1. The third kappa shape index (κ3) is 2.55. The van der Waals surface area contributed by atoms with Gasteiger partial charge in [0.2, 0.25) is 5.91 Å². The minimum absolute atomic E-state index is 0.0671. The molecule has 4 nitrogen and oxygen atoms in total. The summed E-state index contributed by atoms with van der Waals surface area (Å²) in [5.74, 6) is 0.291. The smallest absolute Gasteiger partial charge is 0.240 e. The SMILES string of the molecule is COC[C@H]1CCCCN1C(=O)[C@@H]1CCCN1. The van der Waals surface area contributed by atoms with E-state index in [1.54, 1.807) is 7.11 Å². The van der Waals surface area contributed by atoms with Crippen LogP contribution in [0.5, 0.6) is 0 Å². The molecule has 2 heterocycles. The lowest BCUT2D eigenvalue weighted by molar-refractivity contribution is -0.138. The fourth-order valence-corrected chi connectivity index (χ4v) is 2.75. The van der Waals surface area contributed by atoms with E-state index in [1.807, 2.05) is 4.90 Å². The van der Waals surface area contributed by atoms with Crippen molar-refractivity contribution in [2.24, 2.45) is 0 Å². The summed E-state index contributed by atoms with van der Waals surface area (Å²) in [6, 6.07) is 0.367. The molecule has 2 fully saturated rings. The van der Waals surface area contributed by atoms with Crippen LogP contribution in [-0.2, 0) is 9.53 Å². The van der Waals surface area contributed by atoms with Gasteiger partial charge in [-0.1, -0.05) is 0 Å². The van der Waals surface area contributed by atoms with Crippen LogP contribution in [0.1, 0.15) is 32.1 Å². The van der Waals surface area contributed by atoms with Crippen molar-refractivity contribution in [2.75, 3.05) is 26.8 Å². The molecule has 0 aliphatic carbocycles. The topological polar surface area (TPSA) is 41.6 Å². The van der Waals surface area contributed by atoms with Gasteiger partial charge in [0.05, 0.1) is 18.7 Å². The highest BCUT2D eigenvalue weighted by Gasteiger charge is 2.32. The van der Waals surface area contributed by atoms with Gasteiger partial charge in [0, 0.05) is 13.7 Å². The summed E-state index contributed by atoms with van der Waals surface area (Å²) in [5.41, 5.74) is 0. The number of carbonyl (C=O) groups excluding carboxylic acids is 1. The third-order valence-corrected chi connectivity index (χ3v) is 3.63. The number of likely N-dealkylation sites (tertiary alicyclic amines) is 1. The predicted octanol–water partition coefficient (Wildman–Crippen LogP) is 0.766. The third-order valence-electron chi connectivity index (χ3n) is 3.63. The zero-order valence-corrected chi connectivity index (χ0v) is 10.1. The van der Waals surface area contributed by atoms with Crippen LogP contribution in [0.15, 0.2) is 0 Å². The molecule has 0 spiro atoms. The van der Waals surface area contributed by atoms with Gasteiger partial charge in [-0.25, -0.2) is 0 Å². The number of methoxy groups -OCH3 is 1.